The maximum Gasteiger partial charge on any atom is -0.00672 e. The van der Waals surface area contributed by atoms with Crippen molar-refractivity contribution in [1.82, 2.24) is 0 Å². The molecule has 0 spiro atoms. The average molecular weight is 589 g/mol. The summed E-state index contributed by atoms with van der Waals surface area (Å²) in [5.74, 6) is 0.666. The van der Waals surface area contributed by atoms with Crippen LogP contribution in [0.1, 0.15) is 118 Å². The van der Waals surface area contributed by atoms with Crippen LogP contribution in [-0.4, -0.2) is 0 Å². The molecule has 0 bridgehead atoms. The van der Waals surface area contributed by atoms with Gasteiger partial charge in [-0.25, -0.2) is 0 Å². The molecular weight excluding hydrogens is 528 g/mol. The first-order valence-electron chi connectivity index (χ1n) is 16.6. The Bertz CT molecular complexity index is 1370. The maximum atomic E-state index is 4.45. The van der Waals surface area contributed by atoms with Crippen molar-refractivity contribution in [3.8, 4) is 12.8 Å². The van der Waals surface area contributed by atoms with Gasteiger partial charge in [0.05, 0.1) is 0 Å². The number of terminal acetylenes is 1. The highest BCUT2D eigenvalue weighted by atomic mass is 14.4. The number of rotatable bonds is 9. The zero-order valence-electron chi connectivity index (χ0n) is 29.7. The smallest absolute Gasteiger partial charge is 0.00672 e. The molecule has 1 aliphatic rings. The van der Waals surface area contributed by atoms with Crippen LogP contribution >= 0.6 is 0 Å². The van der Waals surface area contributed by atoms with Crippen LogP contribution in [0.2, 0.25) is 0 Å². The SMILES string of the molecule is C#C.C=C(CCC1CC(C)(C)c2cccc(C)c21)Cc1ccc(C/C=C\C(C)=C/C)cc1C.CC.CCc1ccc(C)cc1. The lowest BCUT2D eigenvalue weighted by Gasteiger charge is -2.19. The van der Waals surface area contributed by atoms with Gasteiger partial charge >= 0.3 is 0 Å². The quantitative estimate of drug-likeness (QED) is 0.132. The van der Waals surface area contributed by atoms with Gasteiger partial charge in [0, 0.05) is 0 Å². The van der Waals surface area contributed by atoms with E-state index in [4.69, 9.17) is 0 Å². The van der Waals surface area contributed by atoms with Crippen LogP contribution in [0.5, 0.6) is 0 Å². The van der Waals surface area contributed by atoms with Crippen LogP contribution in [0.15, 0.2) is 96.6 Å². The molecule has 44 heavy (non-hydrogen) atoms. The largest absolute Gasteiger partial charge is 0.124 e. The van der Waals surface area contributed by atoms with Crippen molar-refractivity contribution in [2.24, 2.45) is 0 Å². The number of benzene rings is 3. The summed E-state index contributed by atoms with van der Waals surface area (Å²) in [4.78, 5) is 0. The molecule has 3 aromatic rings. The van der Waals surface area contributed by atoms with E-state index >= 15 is 0 Å². The predicted molar refractivity (Wildman–Crippen MR) is 199 cm³/mol. The zero-order chi connectivity index (χ0) is 33.3. The monoisotopic (exact) mass is 588 g/mol. The summed E-state index contributed by atoms with van der Waals surface area (Å²) in [6, 6.07) is 22.4. The lowest BCUT2D eigenvalue weighted by molar-refractivity contribution is 0.459. The Kier molecular flexibility index (Phi) is 17.2. The number of hydrogen-bond acceptors (Lipinski definition) is 0. The molecular formula is C44H60. The van der Waals surface area contributed by atoms with Crippen LogP contribution in [0.25, 0.3) is 0 Å². The van der Waals surface area contributed by atoms with Gasteiger partial charge in [0.15, 0.2) is 0 Å². The van der Waals surface area contributed by atoms with Crippen LogP contribution in [0, 0.1) is 33.6 Å². The van der Waals surface area contributed by atoms with Gasteiger partial charge in [-0.3, -0.25) is 0 Å². The molecule has 0 heterocycles. The fourth-order valence-electron chi connectivity index (χ4n) is 6.01. The van der Waals surface area contributed by atoms with Gasteiger partial charge in [0.2, 0.25) is 0 Å². The molecule has 3 aromatic carbocycles. The minimum absolute atomic E-state index is 0.291. The Morgan fingerprint density at radius 3 is 2.16 bits per heavy atom. The Labute approximate surface area is 272 Å². The van der Waals surface area contributed by atoms with Crippen molar-refractivity contribution in [3.63, 3.8) is 0 Å². The molecule has 0 N–H and O–H groups in total. The minimum atomic E-state index is 0.291. The molecule has 0 aliphatic heterocycles. The van der Waals surface area contributed by atoms with E-state index in [1.165, 1.54) is 57.4 Å². The molecule has 4 rings (SSSR count). The van der Waals surface area contributed by atoms with Crippen molar-refractivity contribution in [1.29, 1.82) is 0 Å². The summed E-state index contributed by atoms with van der Waals surface area (Å²) >= 11 is 0. The standard InChI is InChI=1S/C31H40.C9H12.C2H6.C2H2/c1-8-22(2)11-9-13-26-16-18-27(25(5)20-26)19-23(3)15-17-28-21-31(6,7)29-14-10-12-24(4)30(28)29;1-3-9-6-4-8(2)5-7-9;2*1-2/h8-12,14,16,18,20,28H,3,13,15,17,19,21H2,1-2,4-7H3;4-7H,3H2,1-2H3;1-2H3;1-2H/b11-9-,22-8-;;;. The molecule has 0 saturated heterocycles. The summed E-state index contributed by atoms with van der Waals surface area (Å²) in [6.45, 7) is 26.3. The van der Waals surface area contributed by atoms with Gasteiger partial charge in [-0.05, 0) is 123 Å². The lowest BCUT2D eigenvalue weighted by atomic mass is 9.85. The maximum absolute atomic E-state index is 4.45. The zero-order valence-corrected chi connectivity index (χ0v) is 29.7. The van der Waals surface area contributed by atoms with E-state index in [1.807, 2.05) is 13.8 Å². The lowest BCUT2D eigenvalue weighted by Crippen LogP contribution is -2.12. The number of hydrogen-bond donors (Lipinski definition) is 0. The first-order chi connectivity index (χ1) is 21.0. The molecule has 0 radical (unpaired) electrons. The second-order valence-electron chi connectivity index (χ2n) is 12.5. The first-order valence-corrected chi connectivity index (χ1v) is 16.6. The summed E-state index contributed by atoms with van der Waals surface area (Å²) in [7, 11) is 0. The third-order valence-corrected chi connectivity index (χ3v) is 8.63. The molecule has 1 unspecified atom stereocenters. The van der Waals surface area contributed by atoms with Gasteiger partial charge in [0.25, 0.3) is 0 Å². The second kappa shape index (κ2) is 19.7. The van der Waals surface area contributed by atoms with Crippen molar-refractivity contribution in [2.45, 2.75) is 119 Å². The fourth-order valence-corrected chi connectivity index (χ4v) is 6.01. The molecule has 236 valence electrons. The topological polar surface area (TPSA) is 0 Å². The van der Waals surface area contributed by atoms with Crippen molar-refractivity contribution in [3.05, 3.63) is 141 Å². The van der Waals surface area contributed by atoms with Crippen molar-refractivity contribution >= 4 is 0 Å². The Morgan fingerprint density at radius 2 is 1.57 bits per heavy atom. The fraction of sp³-hybridized carbons (Fsp3) is 0.409. The van der Waals surface area contributed by atoms with Crippen LogP contribution < -0.4 is 0 Å². The number of aryl methyl sites for hydroxylation is 4. The molecule has 0 saturated carbocycles. The van der Waals surface area contributed by atoms with Gasteiger partial charge < -0.3 is 0 Å². The van der Waals surface area contributed by atoms with Crippen LogP contribution in [0.3, 0.4) is 0 Å². The van der Waals surface area contributed by atoms with E-state index in [-0.39, 0.29) is 0 Å². The van der Waals surface area contributed by atoms with Crippen LogP contribution in [-0.2, 0) is 24.7 Å². The summed E-state index contributed by atoms with van der Waals surface area (Å²) in [6.07, 6.45) is 21.3. The third kappa shape index (κ3) is 11.8. The summed E-state index contributed by atoms with van der Waals surface area (Å²) in [5.41, 5.74) is 14.6. The Hall–Kier alpha value is -3.56. The van der Waals surface area contributed by atoms with E-state index in [2.05, 4.69) is 154 Å². The third-order valence-electron chi connectivity index (χ3n) is 8.63. The highest BCUT2D eigenvalue weighted by molar-refractivity contribution is 5.46. The molecule has 0 fully saturated rings. The first kappa shape index (κ1) is 38.5. The minimum Gasteiger partial charge on any atom is -0.124 e. The predicted octanol–water partition coefficient (Wildman–Crippen LogP) is 12.5. The van der Waals surface area contributed by atoms with Gasteiger partial charge in [0.1, 0.15) is 0 Å². The van der Waals surface area contributed by atoms with E-state index in [1.54, 1.807) is 11.1 Å². The second-order valence-corrected chi connectivity index (χ2v) is 12.5. The van der Waals surface area contributed by atoms with E-state index in [0.29, 0.717) is 11.3 Å². The van der Waals surface area contributed by atoms with Crippen molar-refractivity contribution < 1.29 is 0 Å². The van der Waals surface area contributed by atoms with Crippen molar-refractivity contribution in [2.75, 3.05) is 0 Å². The van der Waals surface area contributed by atoms with E-state index in [0.717, 1.165) is 25.7 Å². The molecule has 1 atom stereocenters. The molecule has 0 amide bonds. The van der Waals surface area contributed by atoms with Crippen LogP contribution in [0.4, 0.5) is 0 Å². The molecule has 0 heteroatoms. The number of fused-ring (bicyclic) bond motifs is 1. The summed E-state index contributed by atoms with van der Waals surface area (Å²) in [5, 5.41) is 0. The Balaban J connectivity index is 0.000000626. The van der Waals surface area contributed by atoms with Gasteiger partial charge in [-0.15, -0.1) is 12.8 Å². The molecule has 0 nitrogen and oxygen atoms in total. The van der Waals surface area contributed by atoms with E-state index in [9.17, 15) is 0 Å². The Morgan fingerprint density at radius 1 is 0.932 bits per heavy atom. The van der Waals surface area contributed by atoms with E-state index < -0.39 is 0 Å². The number of allylic oxidation sites excluding steroid dienone is 5. The highest BCUT2D eigenvalue weighted by Crippen LogP contribution is 2.49. The summed E-state index contributed by atoms with van der Waals surface area (Å²) < 4.78 is 0. The highest BCUT2D eigenvalue weighted by Gasteiger charge is 2.37. The average Bonchev–Trinajstić information content (AvgIpc) is 3.30. The normalized spacial score (nSPS) is 14.7. The van der Waals surface area contributed by atoms with Gasteiger partial charge in [-0.2, -0.15) is 0 Å². The molecule has 1 aliphatic carbocycles. The van der Waals surface area contributed by atoms with Gasteiger partial charge in [-0.1, -0.05) is 137 Å². The molecule has 0 aromatic heterocycles.